The average Bonchev–Trinajstić information content (AvgIpc) is 2.29. The van der Waals surface area contributed by atoms with Crippen molar-refractivity contribution >= 4 is 17.8 Å². The normalized spacial score (nSPS) is 25.6. The standard InChI is InChI=1S/C11H22N2O2S/c1-4-11(2)9-13(6-7-15-11)10(14)12-5-8-16-3/h4-9H2,1-3H3,(H,12,14). The zero-order valence-electron chi connectivity index (χ0n) is 10.4. The number of carbonyl (C=O) groups is 1. The van der Waals surface area contributed by atoms with Crippen LogP contribution in [-0.4, -0.2) is 54.8 Å². The van der Waals surface area contributed by atoms with E-state index in [0.717, 1.165) is 18.7 Å². The molecule has 5 heteroatoms. The first-order valence-corrected chi connectivity index (χ1v) is 7.16. The molecule has 0 radical (unpaired) electrons. The molecule has 1 saturated heterocycles. The van der Waals surface area contributed by atoms with Crippen molar-refractivity contribution < 1.29 is 9.53 Å². The van der Waals surface area contributed by atoms with Crippen LogP contribution in [0, 0.1) is 0 Å². The topological polar surface area (TPSA) is 41.6 Å². The highest BCUT2D eigenvalue weighted by atomic mass is 32.2. The van der Waals surface area contributed by atoms with Crippen LogP contribution >= 0.6 is 11.8 Å². The zero-order chi connectivity index (χ0) is 12.0. The molecule has 16 heavy (non-hydrogen) atoms. The molecule has 0 spiro atoms. The first-order chi connectivity index (χ1) is 7.61. The summed E-state index contributed by atoms with van der Waals surface area (Å²) in [7, 11) is 0. The Labute approximate surface area is 102 Å². The molecule has 1 heterocycles. The second kappa shape index (κ2) is 6.35. The third-order valence-corrected chi connectivity index (χ3v) is 3.57. The van der Waals surface area contributed by atoms with Crippen LogP contribution < -0.4 is 5.32 Å². The van der Waals surface area contributed by atoms with E-state index in [1.165, 1.54) is 0 Å². The number of hydrogen-bond donors (Lipinski definition) is 1. The van der Waals surface area contributed by atoms with Crippen molar-refractivity contribution in [1.82, 2.24) is 10.2 Å². The molecule has 0 aromatic heterocycles. The van der Waals surface area contributed by atoms with Crippen molar-refractivity contribution in [2.45, 2.75) is 25.9 Å². The molecule has 0 saturated carbocycles. The molecule has 0 aromatic carbocycles. The number of carbonyl (C=O) groups excluding carboxylic acids is 1. The summed E-state index contributed by atoms with van der Waals surface area (Å²) in [6.45, 7) is 6.92. The fraction of sp³-hybridized carbons (Fsp3) is 0.909. The van der Waals surface area contributed by atoms with Crippen molar-refractivity contribution in [2.75, 3.05) is 38.2 Å². The van der Waals surface area contributed by atoms with Gasteiger partial charge in [-0.1, -0.05) is 6.92 Å². The predicted molar refractivity (Wildman–Crippen MR) is 68.0 cm³/mol. The smallest absolute Gasteiger partial charge is 0.317 e. The van der Waals surface area contributed by atoms with E-state index >= 15 is 0 Å². The van der Waals surface area contributed by atoms with E-state index in [1.807, 2.05) is 11.2 Å². The molecule has 1 atom stereocenters. The molecule has 1 aliphatic heterocycles. The van der Waals surface area contributed by atoms with Crippen molar-refractivity contribution in [3.8, 4) is 0 Å². The fourth-order valence-corrected chi connectivity index (χ4v) is 2.00. The number of amides is 2. The van der Waals surface area contributed by atoms with Gasteiger partial charge < -0.3 is 15.0 Å². The maximum atomic E-state index is 11.8. The Morgan fingerprint density at radius 2 is 2.38 bits per heavy atom. The molecule has 1 unspecified atom stereocenters. The van der Waals surface area contributed by atoms with Gasteiger partial charge in [-0.15, -0.1) is 0 Å². The Kier molecular flexibility index (Phi) is 5.41. The van der Waals surface area contributed by atoms with Crippen LogP contribution in [0.2, 0.25) is 0 Å². The molecule has 2 amide bonds. The van der Waals surface area contributed by atoms with Gasteiger partial charge >= 0.3 is 6.03 Å². The molecule has 94 valence electrons. The highest BCUT2D eigenvalue weighted by Crippen LogP contribution is 2.20. The lowest BCUT2D eigenvalue weighted by Crippen LogP contribution is -2.54. The third kappa shape index (κ3) is 3.87. The van der Waals surface area contributed by atoms with E-state index in [4.69, 9.17) is 4.74 Å². The number of rotatable bonds is 4. The Morgan fingerprint density at radius 1 is 1.62 bits per heavy atom. The lowest BCUT2D eigenvalue weighted by molar-refractivity contribution is -0.0872. The van der Waals surface area contributed by atoms with Crippen molar-refractivity contribution in [3.63, 3.8) is 0 Å². The minimum atomic E-state index is -0.172. The molecule has 0 aliphatic carbocycles. The van der Waals surface area contributed by atoms with Crippen LogP contribution in [0.25, 0.3) is 0 Å². The van der Waals surface area contributed by atoms with Crippen LogP contribution in [0.1, 0.15) is 20.3 Å². The van der Waals surface area contributed by atoms with Crippen LogP contribution in [0.4, 0.5) is 4.79 Å². The lowest BCUT2D eigenvalue weighted by atomic mass is 10.0. The number of hydrogen-bond acceptors (Lipinski definition) is 3. The van der Waals surface area contributed by atoms with Gasteiger partial charge in [0.05, 0.1) is 18.8 Å². The maximum absolute atomic E-state index is 11.8. The highest BCUT2D eigenvalue weighted by Gasteiger charge is 2.32. The van der Waals surface area contributed by atoms with Gasteiger partial charge in [0.25, 0.3) is 0 Å². The minimum Gasteiger partial charge on any atom is -0.372 e. The van der Waals surface area contributed by atoms with Gasteiger partial charge in [-0.2, -0.15) is 11.8 Å². The molecule has 1 fully saturated rings. The third-order valence-electron chi connectivity index (χ3n) is 2.95. The number of ether oxygens (including phenoxy) is 1. The molecule has 1 N–H and O–H groups in total. The summed E-state index contributed by atoms with van der Waals surface area (Å²) in [5, 5.41) is 2.93. The molecule has 0 aromatic rings. The lowest BCUT2D eigenvalue weighted by Gasteiger charge is -2.39. The largest absolute Gasteiger partial charge is 0.372 e. The quantitative estimate of drug-likeness (QED) is 0.765. The van der Waals surface area contributed by atoms with E-state index in [-0.39, 0.29) is 11.6 Å². The Hall–Kier alpha value is -0.420. The number of urea groups is 1. The molecular weight excluding hydrogens is 224 g/mol. The van der Waals surface area contributed by atoms with Crippen molar-refractivity contribution in [2.24, 2.45) is 0 Å². The van der Waals surface area contributed by atoms with Gasteiger partial charge in [0.2, 0.25) is 0 Å². The SMILES string of the molecule is CCC1(C)CN(C(=O)NCCSC)CCO1. The number of nitrogens with zero attached hydrogens (tertiary/aromatic N) is 1. The monoisotopic (exact) mass is 246 g/mol. The van der Waals surface area contributed by atoms with Gasteiger partial charge in [0.1, 0.15) is 0 Å². The summed E-state index contributed by atoms with van der Waals surface area (Å²) >= 11 is 1.74. The first-order valence-electron chi connectivity index (χ1n) is 5.77. The predicted octanol–water partition coefficient (Wildman–Crippen LogP) is 1.56. The van der Waals surface area contributed by atoms with E-state index in [0.29, 0.717) is 19.7 Å². The molecule has 4 nitrogen and oxygen atoms in total. The molecule has 1 aliphatic rings. The van der Waals surface area contributed by atoms with Crippen LogP contribution in [-0.2, 0) is 4.74 Å². The summed E-state index contributed by atoms with van der Waals surface area (Å²) in [5.41, 5.74) is -0.172. The summed E-state index contributed by atoms with van der Waals surface area (Å²) in [6, 6.07) is 0.0389. The fourth-order valence-electron chi connectivity index (χ4n) is 1.69. The number of thioether (sulfide) groups is 1. The highest BCUT2D eigenvalue weighted by molar-refractivity contribution is 7.98. The van der Waals surface area contributed by atoms with Crippen LogP contribution in [0.3, 0.4) is 0 Å². The number of nitrogens with one attached hydrogen (secondary N) is 1. The second-order valence-electron chi connectivity index (χ2n) is 4.30. The van der Waals surface area contributed by atoms with Gasteiger partial charge in [-0.05, 0) is 19.6 Å². The second-order valence-corrected chi connectivity index (χ2v) is 5.28. The minimum absolute atomic E-state index is 0.0389. The Morgan fingerprint density at radius 3 is 3.00 bits per heavy atom. The van der Waals surface area contributed by atoms with Gasteiger partial charge in [-0.3, -0.25) is 0 Å². The first kappa shape index (κ1) is 13.6. The van der Waals surface area contributed by atoms with Crippen LogP contribution in [0.5, 0.6) is 0 Å². The van der Waals surface area contributed by atoms with E-state index in [9.17, 15) is 4.79 Å². The summed E-state index contributed by atoms with van der Waals surface area (Å²) in [5.74, 6) is 0.959. The van der Waals surface area contributed by atoms with E-state index in [2.05, 4.69) is 19.2 Å². The Bertz CT molecular complexity index is 238. The van der Waals surface area contributed by atoms with E-state index in [1.54, 1.807) is 11.8 Å². The van der Waals surface area contributed by atoms with E-state index < -0.39 is 0 Å². The van der Waals surface area contributed by atoms with Gasteiger partial charge in [0.15, 0.2) is 0 Å². The summed E-state index contributed by atoms with van der Waals surface area (Å²) < 4.78 is 5.69. The molecular formula is C11H22N2O2S. The van der Waals surface area contributed by atoms with Gasteiger partial charge in [-0.25, -0.2) is 4.79 Å². The van der Waals surface area contributed by atoms with Crippen molar-refractivity contribution in [1.29, 1.82) is 0 Å². The zero-order valence-corrected chi connectivity index (χ0v) is 11.2. The maximum Gasteiger partial charge on any atom is 0.317 e. The summed E-state index contributed by atoms with van der Waals surface area (Å²) in [4.78, 5) is 13.7. The molecule has 0 bridgehead atoms. The Balaban J connectivity index is 2.38. The molecule has 1 rings (SSSR count). The number of morpholine rings is 1. The van der Waals surface area contributed by atoms with Crippen LogP contribution in [0.15, 0.2) is 0 Å². The van der Waals surface area contributed by atoms with Gasteiger partial charge in [0, 0.05) is 18.8 Å². The summed E-state index contributed by atoms with van der Waals surface area (Å²) in [6.07, 6.45) is 2.97. The average molecular weight is 246 g/mol. The van der Waals surface area contributed by atoms with Crippen molar-refractivity contribution in [3.05, 3.63) is 0 Å².